The van der Waals surface area contributed by atoms with Crippen LogP contribution in [0.3, 0.4) is 0 Å². The molecule has 6 heteroatoms. The molecule has 108 valence electrons. The summed E-state index contributed by atoms with van der Waals surface area (Å²) in [5.41, 5.74) is 0. The third-order valence-corrected chi connectivity index (χ3v) is 2.80. The van der Waals surface area contributed by atoms with Gasteiger partial charge in [-0.15, -0.1) is 21.8 Å². The van der Waals surface area contributed by atoms with Crippen LogP contribution in [0, 0.1) is 0 Å². The van der Waals surface area contributed by atoms with Gasteiger partial charge < -0.3 is 13.9 Å². The highest BCUT2D eigenvalue weighted by molar-refractivity contribution is 6.17. The molecule has 0 saturated carbocycles. The zero-order valence-corrected chi connectivity index (χ0v) is 12.1. The topological polar surface area (TPSA) is 57.4 Å². The molecule has 2 aromatic rings. The number of para-hydroxylation sites is 2. The molecule has 0 fully saturated rings. The fourth-order valence-corrected chi connectivity index (χ4v) is 1.78. The van der Waals surface area contributed by atoms with E-state index in [1.165, 1.54) is 0 Å². The van der Waals surface area contributed by atoms with E-state index in [1.54, 1.807) is 0 Å². The van der Waals surface area contributed by atoms with Crippen molar-refractivity contribution < 1.29 is 13.9 Å². The van der Waals surface area contributed by atoms with Crippen molar-refractivity contribution in [2.75, 3.05) is 12.5 Å². The van der Waals surface area contributed by atoms with Gasteiger partial charge in [-0.1, -0.05) is 12.1 Å². The summed E-state index contributed by atoms with van der Waals surface area (Å²) in [5.74, 6) is 2.98. The molecule has 0 atom stereocenters. The standard InChI is InChI=1S/C14H17ClN2O3/c1-2-18-11-6-3-4-7-12(11)19-10-14-17-16-13(20-14)8-5-9-15/h3-4,6-7H,2,5,8-10H2,1H3. The average molecular weight is 297 g/mol. The Morgan fingerprint density at radius 1 is 1.10 bits per heavy atom. The maximum Gasteiger partial charge on any atom is 0.253 e. The summed E-state index contributed by atoms with van der Waals surface area (Å²) in [4.78, 5) is 0. The molecule has 1 heterocycles. The monoisotopic (exact) mass is 296 g/mol. The second kappa shape index (κ2) is 7.75. The molecule has 0 bridgehead atoms. The van der Waals surface area contributed by atoms with Gasteiger partial charge in [0.2, 0.25) is 5.89 Å². The Balaban J connectivity index is 1.93. The smallest absolute Gasteiger partial charge is 0.253 e. The van der Waals surface area contributed by atoms with Crippen molar-refractivity contribution in [2.45, 2.75) is 26.4 Å². The molecular weight excluding hydrogens is 280 g/mol. The van der Waals surface area contributed by atoms with E-state index in [1.807, 2.05) is 31.2 Å². The Morgan fingerprint density at radius 3 is 2.50 bits per heavy atom. The average Bonchev–Trinajstić information content (AvgIpc) is 2.92. The van der Waals surface area contributed by atoms with Crippen LogP contribution in [0.4, 0.5) is 0 Å². The first-order valence-electron chi connectivity index (χ1n) is 6.55. The first kappa shape index (κ1) is 14.7. The van der Waals surface area contributed by atoms with Crippen LogP contribution in [-0.4, -0.2) is 22.7 Å². The third-order valence-electron chi connectivity index (χ3n) is 2.53. The predicted molar refractivity (Wildman–Crippen MR) is 75.3 cm³/mol. The Morgan fingerprint density at radius 2 is 1.80 bits per heavy atom. The fourth-order valence-electron chi connectivity index (χ4n) is 1.65. The molecule has 0 aliphatic carbocycles. The second-order valence-corrected chi connectivity index (χ2v) is 4.43. The Kier molecular flexibility index (Phi) is 5.68. The quantitative estimate of drug-likeness (QED) is 0.700. The highest BCUT2D eigenvalue weighted by Gasteiger charge is 2.09. The number of hydrogen-bond acceptors (Lipinski definition) is 5. The van der Waals surface area contributed by atoms with Crippen LogP contribution in [0.2, 0.25) is 0 Å². The number of halogens is 1. The van der Waals surface area contributed by atoms with Crippen molar-refractivity contribution in [3.63, 3.8) is 0 Å². The zero-order chi connectivity index (χ0) is 14.2. The second-order valence-electron chi connectivity index (χ2n) is 4.05. The number of hydrogen-bond donors (Lipinski definition) is 0. The van der Waals surface area contributed by atoms with Crippen molar-refractivity contribution >= 4 is 11.6 Å². The van der Waals surface area contributed by atoms with E-state index in [2.05, 4.69) is 10.2 Å². The molecule has 0 aliphatic rings. The molecule has 0 spiro atoms. The van der Waals surface area contributed by atoms with E-state index >= 15 is 0 Å². The first-order chi connectivity index (χ1) is 9.83. The molecule has 0 aliphatic heterocycles. The summed E-state index contributed by atoms with van der Waals surface area (Å²) in [6.45, 7) is 2.74. The van der Waals surface area contributed by atoms with E-state index < -0.39 is 0 Å². The lowest BCUT2D eigenvalue weighted by Crippen LogP contribution is -1.99. The summed E-state index contributed by atoms with van der Waals surface area (Å²) < 4.78 is 16.6. The van der Waals surface area contributed by atoms with Gasteiger partial charge in [-0.05, 0) is 25.5 Å². The van der Waals surface area contributed by atoms with E-state index in [9.17, 15) is 0 Å². The molecule has 20 heavy (non-hydrogen) atoms. The van der Waals surface area contributed by atoms with Gasteiger partial charge in [-0.2, -0.15) is 0 Å². The van der Waals surface area contributed by atoms with Crippen molar-refractivity contribution in [3.05, 3.63) is 36.0 Å². The highest BCUT2D eigenvalue weighted by Crippen LogP contribution is 2.27. The molecule has 1 aromatic heterocycles. The first-order valence-corrected chi connectivity index (χ1v) is 7.08. The summed E-state index contributed by atoms with van der Waals surface area (Å²) in [6.07, 6.45) is 1.50. The fraction of sp³-hybridized carbons (Fsp3) is 0.429. The molecule has 0 N–H and O–H groups in total. The minimum atomic E-state index is 0.220. The summed E-state index contributed by atoms with van der Waals surface area (Å²) in [7, 11) is 0. The molecule has 0 unspecified atom stereocenters. The van der Waals surface area contributed by atoms with E-state index in [0.717, 1.165) is 6.42 Å². The number of nitrogens with zero attached hydrogens (tertiary/aromatic N) is 2. The number of ether oxygens (including phenoxy) is 2. The number of alkyl halides is 1. The zero-order valence-electron chi connectivity index (χ0n) is 11.3. The van der Waals surface area contributed by atoms with Crippen LogP contribution < -0.4 is 9.47 Å². The van der Waals surface area contributed by atoms with Crippen molar-refractivity contribution in [1.29, 1.82) is 0 Å². The van der Waals surface area contributed by atoms with E-state index in [4.69, 9.17) is 25.5 Å². The van der Waals surface area contributed by atoms with Gasteiger partial charge in [0.05, 0.1) is 6.61 Å². The van der Waals surface area contributed by atoms with Gasteiger partial charge in [-0.25, -0.2) is 0 Å². The van der Waals surface area contributed by atoms with Crippen LogP contribution in [0.5, 0.6) is 11.5 Å². The van der Waals surface area contributed by atoms with Crippen LogP contribution in [0.15, 0.2) is 28.7 Å². The summed E-state index contributed by atoms with van der Waals surface area (Å²) >= 11 is 5.62. The van der Waals surface area contributed by atoms with Gasteiger partial charge in [-0.3, -0.25) is 0 Å². The van der Waals surface area contributed by atoms with Gasteiger partial charge in [0.1, 0.15) is 0 Å². The van der Waals surface area contributed by atoms with E-state index in [0.29, 0.717) is 42.2 Å². The van der Waals surface area contributed by atoms with Crippen molar-refractivity contribution in [2.24, 2.45) is 0 Å². The highest BCUT2D eigenvalue weighted by atomic mass is 35.5. The van der Waals surface area contributed by atoms with Crippen molar-refractivity contribution in [3.8, 4) is 11.5 Å². The normalized spacial score (nSPS) is 10.5. The molecule has 2 rings (SSSR count). The molecule has 5 nitrogen and oxygen atoms in total. The van der Waals surface area contributed by atoms with Crippen LogP contribution in [0.25, 0.3) is 0 Å². The SMILES string of the molecule is CCOc1ccccc1OCc1nnc(CCCCl)o1. The molecule has 0 radical (unpaired) electrons. The Hall–Kier alpha value is -1.75. The molecule has 0 saturated heterocycles. The summed E-state index contributed by atoms with van der Waals surface area (Å²) in [6, 6.07) is 7.49. The Labute approximate surface area is 122 Å². The lowest BCUT2D eigenvalue weighted by molar-refractivity contribution is 0.239. The maximum absolute atomic E-state index is 5.65. The summed E-state index contributed by atoms with van der Waals surface area (Å²) in [5, 5.41) is 7.87. The van der Waals surface area contributed by atoms with E-state index in [-0.39, 0.29) is 6.61 Å². The van der Waals surface area contributed by atoms with Gasteiger partial charge in [0, 0.05) is 12.3 Å². The van der Waals surface area contributed by atoms with Crippen LogP contribution in [0.1, 0.15) is 25.1 Å². The number of benzene rings is 1. The lowest BCUT2D eigenvalue weighted by Gasteiger charge is -2.09. The predicted octanol–water partition coefficient (Wildman–Crippen LogP) is 3.22. The number of rotatable bonds is 8. The minimum absolute atomic E-state index is 0.220. The minimum Gasteiger partial charge on any atom is -0.490 e. The molecule has 0 amide bonds. The van der Waals surface area contributed by atoms with Gasteiger partial charge in [0.15, 0.2) is 18.1 Å². The molecule has 1 aromatic carbocycles. The number of aromatic nitrogens is 2. The third kappa shape index (κ3) is 4.13. The van der Waals surface area contributed by atoms with Gasteiger partial charge >= 0.3 is 0 Å². The van der Waals surface area contributed by atoms with Crippen LogP contribution >= 0.6 is 11.6 Å². The van der Waals surface area contributed by atoms with Crippen molar-refractivity contribution in [1.82, 2.24) is 10.2 Å². The number of aryl methyl sites for hydroxylation is 1. The maximum atomic E-state index is 5.65. The lowest BCUT2D eigenvalue weighted by atomic mass is 10.3. The Bertz CT molecular complexity index is 531. The molecular formula is C14H17ClN2O3. The van der Waals surface area contributed by atoms with Crippen LogP contribution in [-0.2, 0) is 13.0 Å². The van der Waals surface area contributed by atoms with Gasteiger partial charge in [0.25, 0.3) is 5.89 Å². The largest absolute Gasteiger partial charge is 0.490 e.